The first-order chi connectivity index (χ1) is 10.2. The number of rotatable bonds is 5. The van der Waals surface area contributed by atoms with Crippen molar-refractivity contribution >= 4 is 0 Å². The quantitative estimate of drug-likeness (QED) is 0.900. The number of nitrogens with one attached hydrogen (secondary N) is 1. The zero-order chi connectivity index (χ0) is 14.7. The van der Waals surface area contributed by atoms with Crippen LogP contribution in [-0.2, 0) is 13.1 Å². The third kappa shape index (κ3) is 3.83. The van der Waals surface area contributed by atoms with Gasteiger partial charge in [0.2, 0.25) is 0 Å². The lowest BCUT2D eigenvalue weighted by atomic mass is 9.92. The molecule has 0 radical (unpaired) electrons. The van der Waals surface area contributed by atoms with Gasteiger partial charge in [0.25, 0.3) is 0 Å². The van der Waals surface area contributed by atoms with E-state index in [-0.39, 0.29) is 0 Å². The molecule has 1 N–H and O–H groups in total. The van der Waals surface area contributed by atoms with Gasteiger partial charge in [-0.3, -0.25) is 9.88 Å². The number of nitrogens with zero attached hydrogens (tertiary/aromatic N) is 2. The second-order valence-electron chi connectivity index (χ2n) is 7.06. The molecule has 116 valence electrons. The number of likely N-dealkylation sites (tertiary alicyclic amines) is 1. The van der Waals surface area contributed by atoms with Crippen LogP contribution in [0.4, 0.5) is 0 Å². The summed E-state index contributed by atoms with van der Waals surface area (Å²) < 4.78 is 0. The fraction of sp³-hybridized carbons (Fsp3) is 0.722. The molecule has 1 aromatic heterocycles. The Balaban J connectivity index is 1.57. The van der Waals surface area contributed by atoms with Crippen LogP contribution in [0.25, 0.3) is 0 Å². The van der Waals surface area contributed by atoms with Crippen molar-refractivity contribution in [3.63, 3.8) is 0 Å². The Kier molecular flexibility index (Phi) is 4.91. The minimum absolute atomic E-state index is 0.525. The van der Waals surface area contributed by atoms with Gasteiger partial charge in [0.1, 0.15) is 0 Å². The van der Waals surface area contributed by atoms with Crippen LogP contribution >= 0.6 is 0 Å². The number of pyridine rings is 1. The highest BCUT2D eigenvalue weighted by atomic mass is 15.2. The van der Waals surface area contributed by atoms with Gasteiger partial charge in [0, 0.05) is 31.4 Å². The first-order valence-electron chi connectivity index (χ1n) is 8.63. The molecule has 2 atom stereocenters. The van der Waals surface area contributed by atoms with Gasteiger partial charge in [0.15, 0.2) is 0 Å². The molecule has 1 aliphatic heterocycles. The Hall–Kier alpha value is -0.930. The van der Waals surface area contributed by atoms with Crippen molar-refractivity contribution in [2.24, 2.45) is 5.92 Å². The van der Waals surface area contributed by atoms with Gasteiger partial charge in [-0.1, -0.05) is 26.3 Å². The molecule has 0 spiro atoms. The molecule has 1 aliphatic carbocycles. The predicted octanol–water partition coefficient (Wildman–Crippen LogP) is 3.34. The maximum Gasteiger partial charge on any atom is 0.0544 e. The molecule has 2 fully saturated rings. The van der Waals surface area contributed by atoms with Crippen LogP contribution < -0.4 is 5.32 Å². The second-order valence-corrected chi connectivity index (χ2v) is 7.06. The Bertz CT molecular complexity index is 440. The topological polar surface area (TPSA) is 28.2 Å². The zero-order valence-corrected chi connectivity index (χ0v) is 13.5. The predicted molar refractivity (Wildman–Crippen MR) is 87.0 cm³/mol. The number of aromatic nitrogens is 1. The fourth-order valence-corrected chi connectivity index (χ4v) is 3.94. The summed E-state index contributed by atoms with van der Waals surface area (Å²) in [5, 5.41) is 3.44. The molecule has 2 aliphatic rings. The number of hydrogen-bond donors (Lipinski definition) is 1. The van der Waals surface area contributed by atoms with Gasteiger partial charge in [-0.25, -0.2) is 0 Å². The lowest BCUT2D eigenvalue weighted by Gasteiger charge is -2.37. The molecule has 0 bridgehead atoms. The van der Waals surface area contributed by atoms with Gasteiger partial charge in [-0.05, 0) is 49.8 Å². The zero-order valence-electron chi connectivity index (χ0n) is 13.5. The van der Waals surface area contributed by atoms with Crippen molar-refractivity contribution in [3.8, 4) is 0 Å². The molecule has 0 amide bonds. The van der Waals surface area contributed by atoms with Gasteiger partial charge in [-0.15, -0.1) is 0 Å². The smallest absolute Gasteiger partial charge is 0.0544 e. The third-order valence-electron chi connectivity index (χ3n) is 5.07. The molecule has 21 heavy (non-hydrogen) atoms. The summed E-state index contributed by atoms with van der Waals surface area (Å²) in [5.74, 6) is 0.966. The summed E-state index contributed by atoms with van der Waals surface area (Å²) in [4.78, 5) is 7.37. The number of piperidine rings is 1. The summed E-state index contributed by atoms with van der Waals surface area (Å²) in [6.45, 7) is 7.57. The van der Waals surface area contributed by atoms with Gasteiger partial charge < -0.3 is 5.32 Å². The van der Waals surface area contributed by atoms with Crippen molar-refractivity contribution < 1.29 is 0 Å². The van der Waals surface area contributed by atoms with E-state index in [2.05, 4.69) is 41.2 Å². The maximum absolute atomic E-state index is 4.68. The molecule has 0 aromatic carbocycles. The highest BCUT2D eigenvalue weighted by Crippen LogP contribution is 2.37. The van der Waals surface area contributed by atoms with E-state index in [9.17, 15) is 0 Å². The Morgan fingerprint density at radius 2 is 2.10 bits per heavy atom. The molecule has 2 heterocycles. The first-order valence-corrected chi connectivity index (χ1v) is 8.63. The Labute approximate surface area is 129 Å². The lowest BCUT2D eigenvalue weighted by Crippen LogP contribution is -2.42. The minimum atomic E-state index is 0.525. The van der Waals surface area contributed by atoms with Gasteiger partial charge in [-0.2, -0.15) is 0 Å². The normalized spacial score (nSPS) is 26.2. The van der Waals surface area contributed by atoms with Crippen LogP contribution in [0, 0.1) is 5.92 Å². The number of hydrogen-bond acceptors (Lipinski definition) is 3. The van der Waals surface area contributed by atoms with Crippen molar-refractivity contribution in [3.05, 3.63) is 29.6 Å². The van der Waals surface area contributed by atoms with E-state index in [0.717, 1.165) is 25.0 Å². The van der Waals surface area contributed by atoms with E-state index in [1.807, 2.05) is 6.20 Å². The van der Waals surface area contributed by atoms with Crippen LogP contribution in [0.2, 0.25) is 0 Å². The SMILES string of the molecule is CC(C)NCc1ccc(CN2CCCC3CCCC32)nc1. The molecule has 1 saturated heterocycles. The molecular formula is C18H29N3. The molecule has 3 nitrogen and oxygen atoms in total. The molecule has 3 rings (SSSR count). The second kappa shape index (κ2) is 6.89. The maximum atomic E-state index is 4.68. The summed E-state index contributed by atoms with van der Waals surface area (Å²) in [6, 6.07) is 5.81. The number of fused-ring (bicyclic) bond motifs is 1. The first kappa shape index (κ1) is 15.0. The third-order valence-corrected chi connectivity index (χ3v) is 5.07. The summed E-state index contributed by atoms with van der Waals surface area (Å²) in [5.41, 5.74) is 2.51. The van der Waals surface area contributed by atoms with Crippen LogP contribution in [-0.4, -0.2) is 28.5 Å². The monoisotopic (exact) mass is 287 g/mol. The average molecular weight is 287 g/mol. The Morgan fingerprint density at radius 3 is 2.86 bits per heavy atom. The Morgan fingerprint density at radius 1 is 1.24 bits per heavy atom. The van der Waals surface area contributed by atoms with Crippen LogP contribution in [0.3, 0.4) is 0 Å². The summed E-state index contributed by atoms with van der Waals surface area (Å²) in [7, 11) is 0. The van der Waals surface area contributed by atoms with E-state index < -0.39 is 0 Å². The summed E-state index contributed by atoms with van der Waals surface area (Å²) in [6.07, 6.45) is 9.15. The molecule has 3 heteroatoms. The van der Waals surface area contributed by atoms with Crippen LogP contribution in [0.1, 0.15) is 57.2 Å². The van der Waals surface area contributed by atoms with E-state index in [4.69, 9.17) is 0 Å². The minimum Gasteiger partial charge on any atom is -0.310 e. The van der Waals surface area contributed by atoms with Crippen molar-refractivity contribution in [1.29, 1.82) is 0 Å². The molecule has 1 aromatic rings. The van der Waals surface area contributed by atoms with Gasteiger partial charge >= 0.3 is 0 Å². The van der Waals surface area contributed by atoms with Crippen molar-refractivity contribution in [1.82, 2.24) is 15.2 Å². The van der Waals surface area contributed by atoms with Crippen molar-refractivity contribution in [2.75, 3.05) is 6.54 Å². The van der Waals surface area contributed by atoms with E-state index in [1.54, 1.807) is 0 Å². The average Bonchev–Trinajstić information content (AvgIpc) is 2.96. The van der Waals surface area contributed by atoms with E-state index in [0.29, 0.717) is 6.04 Å². The van der Waals surface area contributed by atoms with E-state index in [1.165, 1.54) is 49.9 Å². The highest BCUT2D eigenvalue weighted by molar-refractivity contribution is 5.14. The largest absolute Gasteiger partial charge is 0.310 e. The lowest BCUT2D eigenvalue weighted by molar-refractivity contribution is 0.104. The van der Waals surface area contributed by atoms with Crippen LogP contribution in [0.15, 0.2) is 18.3 Å². The molecule has 1 saturated carbocycles. The van der Waals surface area contributed by atoms with E-state index >= 15 is 0 Å². The van der Waals surface area contributed by atoms with Crippen LogP contribution in [0.5, 0.6) is 0 Å². The molecule has 2 unspecified atom stereocenters. The molecular weight excluding hydrogens is 258 g/mol. The standard InChI is InChI=1S/C18H29N3/c1-14(2)19-11-15-8-9-17(20-12-15)13-21-10-4-6-16-5-3-7-18(16)21/h8-9,12,14,16,18-19H,3-7,10-11,13H2,1-2H3. The van der Waals surface area contributed by atoms with Crippen molar-refractivity contribution in [2.45, 2.75) is 71.1 Å². The van der Waals surface area contributed by atoms with Gasteiger partial charge in [0.05, 0.1) is 5.69 Å². The fourth-order valence-electron chi connectivity index (χ4n) is 3.94. The highest BCUT2D eigenvalue weighted by Gasteiger charge is 2.34. The summed E-state index contributed by atoms with van der Waals surface area (Å²) >= 11 is 0.